The van der Waals surface area contributed by atoms with Crippen molar-refractivity contribution in [3.8, 4) is 0 Å². The summed E-state index contributed by atoms with van der Waals surface area (Å²) in [6, 6.07) is -0.127. The van der Waals surface area contributed by atoms with Crippen LogP contribution in [0.15, 0.2) is 9.52 Å². The zero-order valence-electron chi connectivity index (χ0n) is 15.1. The highest BCUT2D eigenvalue weighted by Gasteiger charge is 2.28. The first-order valence-electron chi connectivity index (χ1n) is 8.39. The van der Waals surface area contributed by atoms with Crippen molar-refractivity contribution in [3.63, 3.8) is 0 Å². The van der Waals surface area contributed by atoms with Crippen molar-refractivity contribution in [1.29, 1.82) is 0 Å². The van der Waals surface area contributed by atoms with Crippen LogP contribution in [0.5, 0.6) is 0 Å². The molecule has 1 atom stereocenters. The molecule has 8 nitrogen and oxygen atoms in total. The van der Waals surface area contributed by atoms with Gasteiger partial charge in [0, 0.05) is 30.7 Å². The fourth-order valence-electron chi connectivity index (χ4n) is 2.85. The van der Waals surface area contributed by atoms with Crippen molar-refractivity contribution in [2.45, 2.75) is 46.1 Å². The molecule has 0 radical (unpaired) electrons. The first-order chi connectivity index (χ1) is 12.0. The minimum atomic E-state index is -0.602. The van der Waals surface area contributed by atoms with Gasteiger partial charge in [0.2, 0.25) is 0 Å². The molecule has 1 aliphatic rings. The van der Waals surface area contributed by atoms with E-state index in [4.69, 9.17) is 13.9 Å². The number of nitrogens with zero attached hydrogens (tertiary/aromatic N) is 1. The molecule has 2 N–H and O–H groups in total. The Kier molecular flexibility index (Phi) is 6.58. The van der Waals surface area contributed by atoms with Crippen LogP contribution in [0.1, 0.15) is 54.1 Å². The molecular weight excluding hydrogens is 326 g/mol. The van der Waals surface area contributed by atoms with Gasteiger partial charge in [0.25, 0.3) is 5.91 Å². The number of rotatable bonds is 6. The minimum Gasteiger partial charge on any atom is -0.455 e. The topological polar surface area (TPSA) is 102 Å². The van der Waals surface area contributed by atoms with E-state index >= 15 is 0 Å². The van der Waals surface area contributed by atoms with Crippen molar-refractivity contribution >= 4 is 17.7 Å². The number of methoxy groups -OCH3 is 1. The van der Waals surface area contributed by atoms with Crippen LogP contribution in [0.3, 0.4) is 0 Å². The third kappa shape index (κ3) is 4.60. The summed E-state index contributed by atoms with van der Waals surface area (Å²) in [5.41, 5.74) is 4.59. The van der Waals surface area contributed by atoms with E-state index in [0.717, 1.165) is 29.7 Å². The summed E-state index contributed by atoms with van der Waals surface area (Å²) in [5.74, 6) is 0.713. The summed E-state index contributed by atoms with van der Waals surface area (Å²) >= 11 is 0. The Balaban J connectivity index is 2.21. The maximum absolute atomic E-state index is 12.4. The van der Waals surface area contributed by atoms with Gasteiger partial charge in [0.1, 0.15) is 5.76 Å². The zero-order valence-corrected chi connectivity index (χ0v) is 15.1. The van der Waals surface area contributed by atoms with E-state index in [0.29, 0.717) is 18.7 Å². The average molecular weight is 351 g/mol. The zero-order chi connectivity index (χ0) is 18.4. The molecule has 0 spiro atoms. The molecule has 25 heavy (non-hydrogen) atoms. The van der Waals surface area contributed by atoms with Crippen LogP contribution in [-0.2, 0) is 15.9 Å². The highest BCUT2D eigenvalue weighted by molar-refractivity contribution is 6.06. The van der Waals surface area contributed by atoms with Crippen molar-refractivity contribution < 1.29 is 23.5 Å². The Morgan fingerprint density at radius 2 is 2.12 bits per heavy atom. The summed E-state index contributed by atoms with van der Waals surface area (Å²) in [5, 5.41) is 6.99. The van der Waals surface area contributed by atoms with Crippen LogP contribution in [0.25, 0.3) is 0 Å². The summed E-state index contributed by atoms with van der Waals surface area (Å²) < 4.78 is 15.6. The fraction of sp³-hybridized carbons (Fsp3) is 0.588. The van der Waals surface area contributed by atoms with Gasteiger partial charge in [0.15, 0.2) is 5.76 Å². The molecule has 8 heteroatoms. The number of carbonyl (C=O) groups is 2. The number of aryl methyl sites for hydroxylation is 1. The molecule has 1 heterocycles. The van der Waals surface area contributed by atoms with E-state index in [9.17, 15) is 9.59 Å². The molecule has 1 aliphatic carbocycles. The summed E-state index contributed by atoms with van der Waals surface area (Å²) in [6.07, 6.45) is 1.66. The lowest BCUT2D eigenvalue weighted by molar-refractivity contribution is 0.0875. The van der Waals surface area contributed by atoms with Gasteiger partial charge in [-0.2, -0.15) is 5.10 Å². The normalized spacial score (nSPS) is 16.2. The van der Waals surface area contributed by atoms with E-state index in [1.54, 1.807) is 14.0 Å². The molecule has 0 fully saturated rings. The van der Waals surface area contributed by atoms with Gasteiger partial charge >= 0.3 is 6.09 Å². The van der Waals surface area contributed by atoms with Gasteiger partial charge in [-0.25, -0.2) is 10.2 Å². The minimum absolute atomic E-state index is 0.127. The maximum Gasteiger partial charge on any atom is 0.427 e. The Bertz CT molecular complexity index is 665. The molecule has 1 aromatic heterocycles. The SMILES string of the molecule is CCOC(=O)N/N=C1\CCCc2oc(C(=O)NC(C)COC)c(C)c21. The number of furan rings is 1. The lowest BCUT2D eigenvalue weighted by Gasteiger charge is -2.13. The number of amides is 2. The molecule has 0 aromatic carbocycles. The molecule has 1 aromatic rings. The third-order valence-corrected chi connectivity index (χ3v) is 3.88. The maximum atomic E-state index is 12.4. The van der Waals surface area contributed by atoms with Crippen LogP contribution in [0.4, 0.5) is 4.79 Å². The second kappa shape index (κ2) is 8.66. The fourth-order valence-corrected chi connectivity index (χ4v) is 2.85. The quantitative estimate of drug-likeness (QED) is 0.765. The predicted octanol–water partition coefficient (Wildman–Crippen LogP) is 2.14. The van der Waals surface area contributed by atoms with Gasteiger partial charge in [-0.1, -0.05) is 0 Å². The van der Waals surface area contributed by atoms with Crippen LogP contribution >= 0.6 is 0 Å². The average Bonchev–Trinajstić information content (AvgIpc) is 2.91. The summed E-state index contributed by atoms with van der Waals surface area (Å²) in [4.78, 5) is 23.9. The number of fused-ring (bicyclic) bond motifs is 1. The number of hydrogen-bond acceptors (Lipinski definition) is 6. The van der Waals surface area contributed by atoms with Gasteiger partial charge in [-0.3, -0.25) is 4.79 Å². The first-order valence-corrected chi connectivity index (χ1v) is 8.39. The molecule has 0 saturated heterocycles. The largest absolute Gasteiger partial charge is 0.455 e. The lowest BCUT2D eigenvalue weighted by atomic mass is 9.93. The highest BCUT2D eigenvalue weighted by Crippen LogP contribution is 2.29. The monoisotopic (exact) mass is 351 g/mol. The highest BCUT2D eigenvalue weighted by atomic mass is 16.5. The first kappa shape index (κ1) is 19.0. The Morgan fingerprint density at radius 1 is 1.36 bits per heavy atom. The molecule has 2 rings (SSSR count). The van der Waals surface area contributed by atoms with Crippen molar-refractivity contribution in [2.75, 3.05) is 20.3 Å². The van der Waals surface area contributed by atoms with Crippen LogP contribution < -0.4 is 10.7 Å². The second-order valence-electron chi connectivity index (χ2n) is 5.93. The molecule has 1 unspecified atom stereocenters. The van der Waals surface area contributed by atoms with Crippen molar-refractivity contribution in [1.82, 2.24) is 10.7 Å². The van der Waals surface area contributed by atoms with Crippen LogP contribution in [0, 0.1) is 6.92 Å². The van der Waals surface area contributed by atoms with Crippen molar-refractivity contribution in [2.24, 2.45) is 5.10 Å². The van der Waals surface area contributed by atoms with Gasteiger partial charge in [0.05, 0.1) is 18.9 Å². The lowest BCUT2D eigenvalue weighted by Crippen LogP contribution is -2.35. The number of nitrogens with one attached hydrogen (secondary N) is 2. The van der Waals surface area contributed by atoms with E-state index in [-0.39, 0.29) is 24.3 Å². The summed E-state index contributed by atoms with van der Waals surface area (Å²) in [7, 11) is 1.58. The smallest absolute Gasteiger partial charge is 0.427 e. The number of hydrazone groups is 1. The molecule has 0 saturated carbocycles. The van der Waals surface area contributed by atoms with E-state index in [1.165, 1.54) is 0 Å². The Morgan fingerprint density at radius 3 is 2.80 bits per heavy atom. The Labute approximate surface area is 146 Å². The third-order valence-electron chi connectivity index (χ3n) is 3.88. The number of hydrogen-bond donors (Lipinski definition) is 2. The molecule has 0 bridgehead atoms. The Hall–Kier alpha value is -2.35. The van der Waals surface area contributed by atoms with E-state index in [2.05, 4.69) is 15.8 Å². The molecule has 138 valence electrons. The number of carbonyl (C=O) groups excluding carboxylic acids is 2. The molecule has 0 aliphatic heterocycles. The van der Waals surface area contributed by atoms with Gasteiger partial charge < -0.3 is 19.2 Å². The second-order valence-corrected chi connectivity index (χ2v) is 5.93. The molecule has 2 amide bonds. The van der Waals surface area contributed by atoms with Crippen molar-refractivity contribution in [3.05, 3.63) is 22.6 Å². The standard InChI is InChI=1S/C17H25N3O5/c1-5-24-17(22)20-19-12-7-6-8-13-14(12)11(3)15(25-13)16(21)18-10(2)9-23-4/h10H,5-9H2,1-4H3,(H,18,21)(H,20,22)/b19-12+. The van der Waals surface area contributed by atoms with E-state index < -0.39 is 6.09 Å². The van der Waals surface area contributed by atoms with Gasteiger partial charge in [-0.15, -0.1) is 0 Å². The molecular formula is C17H25N3O5. The van der Waals surface area contributed by atoms with Gasteiger partial charge in [-0.05, 0) is 33.6 Å². The summed E-state index contributed by atoms with van der Waals surface area (Å²) in [6.45, 7) is 6.10. The van der Waals surface area contributed by atoms with Crippen LogP contribution in [-0.4, -0.2) is 44.1 Å². The number of ether oxygens (including phenoxy) is 2. The predicted molar refractivity (Wildman–Crippen MR) is 91.9 cm³/mol. The van der Waals surface area contributed by atoms with Crippen LogP contribution in [0.2, 0.25) is 0 Å². The van der Waals surface area contributed by atoms with E-state index in [1.807, 2.05) is 13.8 Å².